The fourth-order valence-electron chi connectivity index (χ4n) is 5.01. The van der Waals surface area contributed by atoms with E-state index in [1.165, 1.54) is 16.6 Å². The van der Waals surface area contributed by atoms with Crippen LogP contribution in [-0.2, 0) is 4.43 Å². The van der Waals surface area contributed by atoms with Gasteiger partial charge in [0.25, 0.3) is 8.32 Å². The van der Waals surface area contributed by atoms with E-state index in [1.807, 2.05) is 12.1 Å². The number of halogens is 1. The second-order valence-corrected chi connectivity index (χ2v) is 15.2. The number of benzene rings is 2. The highest BCUT2D eigenvalue weighted by molar-refractivity contribution is 6.99. The van der Waals surface area contributed by atoms with Crippen molar-refractivity contribution in [1.29, 1.82) is 0 Å². The number of anilines is 2. The van der Waals surface area contributed by atoms with Crippen LogP contribution in [0.2, 0.25) is 10.1 Å². The molecule has 0 aliphatic heterocycles. The molecule has 0 spiro atoms. The number of nitrogens with one attached hydrogen (secondary N) is 1. The summed E-state index contributed by atoms with van der Waals surface area (Å²) in [6.07, 6.45) is 6.39. The van der Waals surface area contributed by atoms with Crippen molar-refractivity contribution in [2.45, 2.75) is 25.8 Å². The SMILES string of the molecule is CNc1c(N)ncc(Oc2cnn3cc(OCCO[Si](c4ccccc4)(c4ccccc4)C(C)(C)C)ncc23)c1Cl. The molecule has 0 atom stereocenters. The Hall–Kier alpha value is -4.12. The van der Waals surface area contributed by atoms with Gasteiger partial charge in [0.15, 0.2) is 11.5 Å². The quantitative estimate of drug-likeness (QED) is 0.170. The first-order valence-corrected chi connectivity index (χ1v) is 15.5. The van der Waals surface area contributed by atoms with Crippen molar-refractivity contribution < 1.29 is 13.9 Å². The first-order valence-electron chi connectivity index (χ1n) is 13.3. The molecule has 0 unspecified atom stereocenters. The number of nitrogen functional groups attached to an aromatic ring is 1. The summed E-state index contributed by atoms with van der Waals surface area (Å²) in [6.45, 7) is 7.48. The van der Waals surface area contributed by atoms with Crippen molar-refractivity contribution in [1.82, 2.24) is 19.6 Å². The Morgan fingerprint density at radius 1 is 0.902 bits per heavy atom. The molecule has 212 valence electrons. The molecule has 5 rings (SSSR count). The molecule has 11 heteroatoms. The number of aromatic nitrogens is 4. The summed E-state index contributed by atoms with van der Waals surface area (Å²) in [6, 6.07) is 21.1. The fraction of sp³-hybridized carbons (Fsp3) is 0.233. The summed E-state index contributed by atoms with van der Waals surface area (Å²) in [5, 5.41) is 9.98. The minimum absolute atomic E-state index is 0.116. The number of pyridine rings is 1. The zero-order chi connectivity index (χ0) is 29.0. The molecule has 0 saturated carbocycles. The topological polar surface area (TPSA) is 109 Å². The van der Waals surface area contributed by atoms with Gasteiger partial charge in [-0.15, -0.1) is 0 Å². The molecule has 0 aliphatic carbocycles. The van der Waals surface area contributed by atoms with Gasteiger partial charge in [-0.05, 0) is 15.4 Å². The predicted octanol–water partition coefficient (Wildman–Crippen LogP) is 5.15. The van der Waals surface area contributed by atoms with Gasteiger partial charge in [0.2, 0.25) is 5.88 Å². The molecule has 0 fully saturated rings. The molecule has 2 aromatic carbocycles. The van der Waals surface area contributed by atoms with Gasteiger partial charge in [0.05, 0.1) is 37.1 Å². The summed E-state index contributed by atoms with van der Waals surface area (Å²) >= 11 is 6.44. The predicted molar refractivity (Wildman–Crippen MR) is 165 cm³/mol. The molecule has 41 heavy (non-hydrogen) atoms. The molecule has 0 aliphatic rings. The standard InChI is InChI=1S/C30H33ClN6O3Si/c1-30(2,3)41(21-11-7-5-8-12-21,22-13-9-6-10-14-22)39-16-15-38-26-20-37-23(17-34-26)24(19-36-37)40-25-18-35-29(32)28(33-4)27(25)31/h5-14,17-20,33H,15-16H2,1-4H3,(H2,32,35). The van der Waals surface area contributed by atoms with E-state index in [0.717, 1.165) is 0 Å². The van der Waals surface area contributed by atoms with E-state index < -0.39 is 8.32 Å². The maximum atomic E-state index is 6.90. The lowest BCUT2D eigenvalue weighted by atomic mass is 10.2. The zero-order valence-electron chi connectivity index (χ0n) is 23.5. The third kappa shape index (κ3) is 5.58. The Labute approximate surface area is 245 Å². The van der Waals surface area contributed by atoms with E-state index in [9.17, 15) is 0 Å². The molecule has 0 bridgehead atoms. The average Bonchev–Trinajstić information content (AvgIpc) is 3.37. The van der Waals surface area contributed by atoms with E-state index >= 15 is 0 Å². The molecular weight excluding hydrogens is 556 g/mol. The van der Waals surface area contributed by atoms with Gasteiger partial charge in [0.1, 0.15) is 23.0 Å². The van der Waals surface area contributed by atoms with Crippen LogP contribution in [-0.4, -0.2) is 48.2 Å². The van der Waals surface area contributed by atoms with Crippen molar-refractivity contribution in [2.75, 3.05) is 31.3 Å². The lowest BCUT2D eigenvalue weighted by Gasteiger charge is -2.43. The third-order valence-electron chi connectivity index (χ3n) is 6.90. The van der Waals surface area contributed by atoms with E-state index in [2.05, 4.69) is 89.7 Å². The Bertz CT molecular complexity index is 1590. The molecule has 3 heterocycles. The maximum absolute atomic E-state index is 6.90. The lowest BCUT2D eigenvalue weighted by molar-refractivity contribution is 0.202. The molecule has 0 radical (unpaired) electrons. The van der Waals surface area contributed by atoms with Crippen molar-refractivity contribution in [2.24, 2.45) is 0 Å². The van der Waals surface area contributed by atoms with Crippen molar-refractivity contribution >= 4 is 47.3 Å². The van der Waals surface area contributed by atoms with Crippen LogP contribution in [0.25, 0.3) is 5.52 Å². The lowest BCUT2D eigenvalue weighted by Crippen LogP contribution is -2.66. The van der Waals surface area contributed by atoms with Crippen LogP contribution >= 0.6 is 11.6 Å². The second-order valence-electron chi connectivity index (χ2n) is 10.5. The number of hydrogen-bond acceptors (Lipinski definition) is 8. The highest BCUT2D eigenvalue weighted by Gasteiger charge is 2.50. The van der Waals surface area contributed by atoms with E-state index in [0.29, 0.717) is 46.8 Å². The van der Waals surface area contributed by atoms with E-state index in [1.54, 1.807) is 30.2 Å². The minimum Gasteiger partial charge on any atom is -0.474 e. The molecule has 0 amide bonds. The van der Waals surface area contributed by atoms with E-state index in [-0.39, 0.29) is 10.9 Å². The first-order chi connectivity index (χ1) is 19.7. The van der Waals surface area contributed by atoms with Crippen molar-refractivity contribution in [3.63, 3.8) is 0 Å². The molecule has 3 aromatic heterocycles. The molecule has 3 N–H and O–H groups in total. The zero-order valence-corrected chi connectivity index (χ0v) is 25.2. The maximum Gasteiger partial charge on any atom is 0.261 e. The van der Waals surface area contributed by atoms with Crippen LogP contribution in [0.3, 0.4) is 0 Å². The largest absolute Gasteiger partial charge is 0.474 e. The van der Waals surface area contributed by atoms with Crippen LogP contribution in [0.5, 0.6) is 17.4 Å². The highest BCUT2D eigenvalue weighted by Crippen LogP contribution is 2.38. The summed E-state index contributed by atoms with van der Waals surface area (Å²) in [5.41, 5.74) is 7.01. The first kappa shape index (κ1) is 28.4. The summed E-state index contributed by atoms with van der Waals surface area (Å²) in [5.74, 6) is 1.52. The van der Waals surface area contributed by atoms with Crippen LogP contribution in [0, 0.1) is 0 Å². The molecule has 9 nitrogen and oxygen atoms in total. The van der Waals surface area contributed by atoms with Gasteiger partial charge in [-0.3, -0.25) is 0 Å². The van der Waals surface area contributed by atoms with Crippen molar-refractivity contribution in [3.8, 4) is 17.4 Å². The number of nitrogens with zero attached hydrogens (tertiary/aromatic N) is 4. The number of rotatable bonds is 10. The molecular formula is C30H33ClN6O3Si. The average molecular weight is 589 g/mol. The van der Waals surface area contributed by atoms with Gasteiger partial charge < -0.3 is 25.0 Å². The second kappa shape index (κ2) is 11.8. The third-order valence-corrected chi connectivity index (χ3v) is 12.3. The van der Waals surface area contributed by atoms with Gasteiger partial charge in [0, 0.05) is 7.05 Å². The summed E-state index contributed by atoms with van der Waals surface area (Å²) in [4.78, 5) is 8.59. The minimum atomic E-state index is -2.64. The van der Waals surface area contributed by atoms with Gasteiger partial charge in [-0.2, -0.15) is 5.10 Å². The molecule has 5 aromatic rings. The fourth-order valence-corrected chi connectivity index (χ4v) is 9.84. The smallest absolute Gasteiger partial charge is 0.261 e. The van der Waals surface area contributed by atoms with Gasteiger partial charge in [-0.25, -0.2) is 14.5 Å². The van der Waals surface area contributed by atoms with Gasteiger partial charge in [-0.1, -0.05) is 93.0 Å². The van der Waals surface area contributed by atoms with Crippen LogP contribution in [0.4, 0.5) is 11.5 Å². The molecule has 0 saturated heterocycles. The number of ether oxygens (including phenoxy) is 2. The summed E-state index contributed by atoms with van der Waals surface area (Å²) in [7, 11) is -0.931. The number of fused-ring (bicyclic) bond motifs is 1. The number of hydrogen-bond donors (Lipinski definition) is 2. The normalized spacial score (nSPS) is 11.9. The van der Waals surface area contributed by atoms with Crippen molar-refractivity contribution in [3.05, 3.63) is 90.5 Å². The van der Waals surface area contributed by atoms with Gasteiger partial charge >= 0.3 is 0 Å². The summed E-state index contributed by atoms with van der Waals surface area (Å²) < 4.78 is 20.5. The van der Waals surface area contributed by atoms with Crippen LogP contribution in [0.1, 0.15) is 20.8 Å². The Kier molecular flexibility index (Phi) is 8.16. The number of nitrogens with two attached hydrogens (primary N) is 1. The Morgan fingerprint density at radius 3 is 2.17 bits per heavy atom. The van der Waals surface area contributed by atoms with Crippen LogP contribution in [0.15, 0.2) is 85.5 Å². The monoisotopic (exact) mass is 588 g/mol. The highest BCUT2D eigenvalue weighted by atomic mass is 35.5. The van der Waals surface area contributed by atoms with E-state index in [4.69, 9.17) is 31.2 Å². The van der Waals surface area contributed by atoms with Crippen LogP contribution < -0.4 is 30.9 Å². The Morgan fingerprint density at radius 2 is 1.56 bits per heavy atom. The Balaban J connectivity index is 1.31.